The summed E-state index contributed by atoms with van der Waals surface area (Å²) in [6.45, 7) is 4.37. The summed E-state index contributed by atoms with van der Waals surface area (Å²) >= 11 is 0. The molecule has 0 fully saturated rings. The van der Waals surface area contributed by atoms with Crippen molar-refractivity contribution >= 4 is 6.01 Å². The third kappa shape index (κ3) is 3.78. The number of aromatic nitrogens is 4. The van der Waals surface area contributed by atoms with Crippen LogP contribution in [0.2, 0.25) is 0 Å². The van der Waals surface area contributed by atoms with Crippen LogP contribution in [0.15, 0.2) is 16.8 Å². The van der Waals surface area contributed by atoms with Gasteiger partial charge in [-0.15, -0.1) is 5.10 Å². The van der Waals surface area contributed by atoms with E-state index in [1.165, 1.54) is 0 Å². The molecule has 0 aliphatic heterocycles. The fourth-order valence-corrected chi connectivity index (χ4v) is 1.74. The maximum atomic E-state index is 5.59. The van der Waals surface area contributed by atoms with Gasteiger partial charge in [0, 0.05) is 25.9 Å². The van der Waals surface area contributed by atoms with Crippen molar-refractivity contribution in [3.8, 4) is 0 Å². The van der Waals surface area contributed by atoms with E-state index in [0.29, 0.717) is 25.0 Å². The van der Waals surface area contributed by atoms with Gasteiger partial charge in [-0.2, -0.15) is 5.10 Å². The van der Waals surface area contributed by atoms with Crippen LogP contribution in [0.5, 0.6) is 0 Å². The number of anilines is 1. The molecule has 7 heteroatoms. The van der Waals surface area contributed by atoms with E-state index in [2.05, 4.69) is 27.5 Å². The smallest absolute Gasteiger partial charge is 0.318 e. The molecule has 2 aromatic rings. The maximum absolute atomic E-state index is 5.59. The second kappa shape index (κ2) is 6.33. The molecular formula is C12H20N6O. The van der Waals surface area contributed by atoms with Crippen molar-refractivity contribution < 1.29 is 4.42 Å². The zero-order chi connectivity index (χ0) is 13.7. The highest BCUT2D eigenvalue weighted by molar-refractivity contribution is 5.24. The number of nitrogens with one attached hydrogen (secondary N) is 1. The monoisotopic (exact) mass is 264 g/mol. The van der Waals surface area contributed by atoms with Crippen LogP contribution in [0, 0.1) is 0 Å². The van der Waals surface area contributed by atoms with Gasteiger partial charge in [0.1, 0.15) is 0 Å². The summed E-state index contributed by atoms with van der Waals surface area (Å²) in [5, 5.41) is 15.4. The van der Waals surface area contributed by atoms with Crippen LogP contribution in [-0.4, -0.2) is 33.6 Å². The molecule has 7 nitrogen and oxygen atoms in total. The third-order valence-corrected chi connectivity index (χ3v) is 2.66. The van der Waals surface area contributed by atoms with Gasteiger partial charge in [0.15, 0.2) is 0 Å². The Kier molecular flexibility index (Phi) is 4.51. The summed E-state index contributed by atoms with van der Waals surface area (Å²) in [5.41, 5.74) is 1.11. The highest BCUT2D eigenvalue weighted by Crippen LogP contribution is 2.13. The van der Waals surface area contributed by atoms with E-state index in [9.17, 15) is 0 Å². The molecule has 1 N–H and O–H groups in total. The van der Waals surface area contributed by atoms with E-state index in [-0.39, 0.29) is 0 Å². The molecule has 0 spiro atoms. The van der Waals surface area contributed by atoms with E-state index in [1.807, 2.05) is 31.4 Å². The number of rotatable bonds is 7. The number of hydrogen-bond acceptors (Lipinski definition) is 6. The molecular weight excluding hydrogens is 244 g/mol. The van der Waals surface area contributed by atoms with Crippen molar-refractivity contribution in [2.24, 2.45) is 7.05 Å². The zero-order valence-electron chi connectivity index (χ0n) is 11.6. The molecule has 0 saturated heterocycles. The first-order valence-electron chi connectivity index (χ1n) is 6.40. The highest BCUT2D eigenvalue weighted by Gasteiger charge is 2.11. The standard InChI is InChI=1S/C12H20N6O/c1-4-5-13-7-11-15-16-12(19-11)17(2)8-10-6-14-18(3)9-10/h6,9,13H,4-5,7-8H2,1-3H3. The minimum Gasteiger partial charge on any atom is -0.407 e. The molecule has 104 valence electrons. The molecule has 2 rings (SSSR count). The number of hydrogen-bond donors (Lipinski definition) is 1. The Hall–Kier alpha value is -1.89. The number of aryl methyl sites for hydroxylation is 1. The quantitative estimate of drug-likeness (QED) is 0.750. The van der Waals surface area contributed by atoms with E-state index in [4.69, 9.17) is 4.42 Å². The predicted molar refractivity (Wildman–Crippen MR) is 71.6 cm³/mol. The molecule has 0 unspecified atom stereocenters. The zero-order valence-corrected chi connectivity index (χ0v) is 11.6. The molecule has 0 radical (unpaired) electrons. The van der Waals surface area contributed by atoms with Gasteiger partial charge in [0.25, 0.3) is 0 Å². The van der Waals surface area contributed by atoms with E-state index in [1.54, 1.807) is 4.68 Å². The predicted octanol–water partition coefficient (Wildman–Crippen LogP) is 0.939. The average Bonchev–Trinajstić information content (AvgIpc) is 2.99. The second-order valence-corrected chi connectivity index (χ2v) is 4.53. The Labute approximate surface area is 112 Å². The van der Waals surface area contributed by atoms with Gasteiger partial charge in [-0.3, -0.25) is 4.68 Å². The van der Waals surface area contributed by atoms with Gasteiger partial charge in [-0.1, -0.05) is 12.0 Å². The molecule has 2 heterocycles. The Morgan fingerprint density at radius 1 is 1.42 bits per heavy atom. The van der Waals surface area contributed by atoms with Gasteiger partial charge in [0.2, 0.25) is 5.89 Å². The van der Waals surface area contributed by atoms with Crippen LogP contribution in [0.4, 0.5) is 6.01 Å². The van der Waals surface area contributed by atoms with Crippen molar-refractivity contribution in [3.63, 3.8) is 0 Å². The summed E-state index contributed by atoms with van der Waals surface area (Å²) in [4.78, 5) is 1.91. The third-order valence-electron chi connectivity index (χ3n) is 2.66. The van der Waals surface area contributed by atoms with Crippen LogP contribution in [0.1, 0.15) is 24.8 Å². The fourth-order valence-electron chi connectivity index (χ4n) is 1.74. The van der Waals surface area contributed by atoms with E-state index < -0.39 is 0 Å². The molecule has 0 saturated carbocycles. The lowest BCUT2D eigenvalue weighted by molar-refractivity contribution is 0.465. The normalized spacial score (nSPS) is 10.9. The Morgan fingerprint density at radius 2 is 2.26 bits per heavy atom. The summed E-state index contributed by atoms with van der Waals surface area (Å²) in [5.74, 6) is 0.612. The largest absolute Gasteiger partial charge is 0.407 e. The van der Waals surface area contributed by atoms with Crippen molar-refractivity contribution in [2.75, 3.05) is 18.5 Å². The fraction of sp³-hybridized carbons (Fsp3) is 0.583. The molecule has 0 aromatic carbocycles. The van der Waals surface area contributed by atoms with Crippen molar-refractivity contribution in [2.45, 2.75) is 26.4 Å². The van der Waals surface area contributed by atoms with E-state index >= 15 is 0 Å². The molecule has 0 amide bonds. The molecule has 19 heavy (non-hydrogen) atoms. The lowest BCUT2D eigenvalue weighted by Crippen LogP contribution is -2.16. The van der Waals surface area contributed by atoms with Crippen molar-refractivity contribution in [3.05, 3.63) is 23.8 Å². The molecule has 0 atom stereocenters. The summed E-state index contributed by atoms with van der Waals surface area (Å²) in [7, 11) is 3.82. The van der Waals surface area contributed by atoms with Crippen LogP contribution in [0.25, 0.3) is 0 Å². The minimum atomic E-state index is 0.525. The lowest BCUT2D eigenvalue weighted by Gasteiger charge is -2.11. The van der Waals surface area contributed by atoms with Crippen molar-refractivity contribution in [1.82, 2.24) is 25.3 Å². The SMILES string of the molecule is CCCNCc1nnc(N(C)Cc2cnn(C)c2)o1. The topological polar surface area (TPSA) is 72.0 Å². The minimum absolute atomic E-state index is 0.525. The van der Waals surface area contributed by atoms with Crippen LogP contribution in [0.3, 0.4) is 0 Å². The van der Waals surface area contributed by atoms with Crippen LogP contribution in [-0.2, 0) is 20.1 Å². The van der Waals surface area contributed by atoms with Gasteiger partial charge in [-0.25, -0.2) is 0 Å². The van der Waals surface area contributed by atoms with E-state index in [0.717, 1.165) is 18.5 Å². The lowest BCUT2D eigenvalue weighted by atomic mass is 10.3. The van der Waals surface area contributed by atoms with Crippen molar-refractivity contribution in [1.29, 1.82) is 0 Å². The van der Waals surface area contributed by atoms with Crippen LogP contribution >= 0.6 is 0 Å². The van der Waals surface area contributed by atoms with Gasteiger partial charge >= 0.3 is 6.01 Å². The first-order valence-corrected chi connectivity index (χ1v) is 6.40. The number of nitrogens with zero attached hydrogens (tertiary/aromatic N) is 5. The summed E-state index contributed by atoms with van der Waals surface area (Å²) in [6, 6.07) is 0.525. The first kappa shape index (κ1) is 13.5. The van der Waals surface area contributed by atoms with Gasteiger partial charge in [-0.05, 0) is 13.0 Å². The van der Waals surface area contributed by atoms with Gasteiger partial charge in [0.05, 0.1) is 19.3 Å². The molecule has 0 aliphatic rings. The Morgan fingerprint density at radius 3 is 2.95 bits per heavy atom. The average molecular weight is 264 g/mol. The molecule has 0 aliphatic carbocycles. The highest BCUT2D eigenvalue weighted by atomic mass is 16.4. The Bertz CT molecular complexity index is 506. The van der Waals surface area contributed by atoms with Crippen LogP contribution < -0.4 is 10.2 Å². The molecule has 2 aromatic heterocycles. The summed E-state index contributed by atoms with van der Waals surface area (Å²) in [6.07, 6.45) is 4.88. The second-order valence-electron chi connectivity index (χ2n) is 4.53. The first-order chi connectivity index (χ1) is 9.19. The summed E-state index contributed by atoms with van der Waals surface area (Å²) < 4.78 is 7.36. The maximum Gasteiger partial charge on any atom is 0.318 e. The molecule has 0 bridgehead atoms. The van der Waals surface area contributed by atoms with Gasteiger partial charge < -0.3 is 14.6 Å². The Balaban J connectivity index is 1.90.